The van der Waals surface area contributed by atoms with Crippen molar-refractivity contribution in [3.05, 3.63) is 59.1 Å². The first-order chi connectivity index (χ1) is 10.7. The molecule has 0 radical (unpaired) electrons. The molecule has 22 heavy (non-hydrogen) atoms. The maximum atomic E-state index is 8.65. The topological polar surface area (TPSA) is 57.4 Å². The lowest BCUT2D eigenvalue weighted by atomic mass is 10.2. The van der Waals surface area contributed by atoms with Gasteiger partial charge in [0.25, 0.3) is 0 Å². The van der Waals surface area contributed by atoms with E-state index < -0.39 is 0 Å². The lowest BCUT2D eigenvalue weighted by Gasteiger charge is -2.08. The van der Waals surface area contributed by atoms with Crippen LogP contribution in [0.25, 0.3) is 0 Å². The van der Waals surface area contributed by atoms with Crippen LogP contribution >= 0.6 is 23.4 Å². The van der Waals surface area contributed by atoms with Crippen molar-refractivity contribution in [1.29, 1.82) is 5.26 Å². The molecule has 6 heteroatoms. The molecular formula is C16H14ClN3OS. The molecule has 0 atom stereocenters. The Bertz CT molecular complexity index is 713. The predicted octanol–water partition coefficient (Wildman–Crippen LogP) is 4.34. The van der Waals surface area contributed by atoms with E-state index in [9.17, 15) is 0 Å². The van der Waals surface area contributed by atoms with E-state index in [1.54, 1.807) is 6.07 Å². The first-order valence-corrected chi connectivity index (χ1v) is 8.07. The number of nitrogens with one attached hydrogen (secondary N) is 1. The molecule has 0 aliphatic carbocycles. The van der Waals surface area contributed by atoms with Crippen LogP contribution in [0.2, 0.25) is 5.02 Å². The largest absolute Gasteiger partial charge is 0.487 e. The van der Waals surface area contributed by atoms with Gasteiger partial charge in [-0.3, -0.25) is 5.32 Å². The van der Waals surface area contributed by atoms with Crippen LogP contribution in [0.3, 0.4) is 0 Å². The highest BCUT2D eigenvalue weighted by Gasteiger charge is 2.02. The summed E-state index contributed by atoms with van der Waals surface area (Å²) in [6.07, 6.45) is 3.72. The summed E-state index contributed by atoms with van der Waals surface area (Å²) in [7, 11) is 0. The SMILES string of the molecule is CSC(=Nc1cccc(COc2ccccc2Cl)c1)NC#N. The first-order valence-electron chi connectivity index (χ1n) is 6.47. The van der Waals surface area contributed by atoms with Crippen LogP contribution in [0.4, 0.5) is 5.69 Å². The van der Waals surface area contributed by atoms with Crippen LogP contribution in [-0.4, -0.2) is 11.4 Å². The van der Waals surface area contributed by atoms with Crippen LogP contribution in [0.5, 0.6) is 5.75 Å². The Morgan fingerprint density at radius 3 is 2.86 bits per heavy atom. The van der Waals surface area contributed by atoms with E-state index in [1.165, 1.54) is 11.8 Å². The van der Waals surface area contributed by atoms with E-state index in [0.717, 1.165) is 11.3 Å². The van der Waals surface area contributed by atoms with Gasteiger partial charge in [0.15, 0.2) is 11.4 Å². The molecule has 1 N–H and O–H groups in total. The smallest absolute Gasteiger partial charge is 0.183 e. The standard InChI is InChI=1S/C16H14ClN3OS/c1-22-16(19-11-18)20-13-6-4-5-12(9-13)10-21-15-8-3-2-7-14(15)17/h2-9H,10H2,1H3,(H,19,20). The molecule has 2 rings (SSSR count). The minimum atomic E-state index is 0.396. The van der Waals surface area contributed by atoms with Crippen LogP contribution in [0.15, 0.2) is 53.5 Å². The van der Waals surface area contributed by atoms with Crippen molar-refractivity contribution >= 4 is 34.2 Å². The second-order valence-electron chi connectivity index (χ2n) is 4.25. The Labute approximate surface area is 138 Å². The van der Waals surface area contributed by atoms with Crippen molar-refractivity contribution in [2.24, 2.45) is 4.99 Å². The third kappa shape index (κ3) is 4.69. The van der Waals surface area contributed by atoms with Gasteiger partial charge in [-0.2, -0.15) is 5.26 Å². The highest BCUT2D eigenvalue weighted by atomic mass is 35.5. The maximum Gasteiger partial charge on any atom is 0.183 e. The monoisotopic (exact) mass is 331 g/mol. The van der Waals surface area contributed by atoms with Crippen molar-refractivity contribution in [2.45, 2.75) is 6.61 Å². The Balaban J connectivity index is 2.09. The Morgan fingerprint density at radius 1 is 1.32 bits per heavy atom. The fraction of sp³-hybridized carbons (Fsp3) is 0.125. The Hall–Kier alpha value is -2.16. The molecule has 0 fully saturated rings. The summed E-state index contributed by atoms with van der Waals surface area (Å²) in [4.78, 5) is 4.36. The van der Waals surface area contributed by atoms with E-state index in [2.05, 4.69) is 10.3 Å². The zero-order valence-corrected chi connectivity index (χ0v) is 13.5. The number of para-hydroxylation sites is 1. The van der Waals surface area contributed by atoms with Crippen LogP contribution in [0, 0.1) is 11.5 Å². The highest BCUT2D eigenvalue weighted by Crippen LogP contribution is 2.24. The number of hydrogen-bond acceptors (Lipinski definition) is 4. The molecule has 0 spiro atoms. The van der Waals surface area contributed by atoms with Gasteiger partial charge in [-0.05, 0) is 36.1 Å². The number of rotatable bonds is 4. The van der Waals surface area contributed by atoms with Crippen LogP contribution in [-0.2, 0) is 6.61 Å². The number of ether oxygens (including phenoxy) is 1. The van der Waals surface area contributed by atoms with Gasteiger partial charge in [0.05, 0.1) is 10.7 Å². The molecule has 0 heterocycles. The van der Waals surface area contributed by atoms with Crippen molar-refractivity contribution in [3.63, 3.8) is 0 Å². The second-order valence-corrected chi connectivity index (χ2v) is 5.45. The average molecular weight is 332 g/mol. The van der Waals surface area contributed by atoms with Gasteiger partial charge in [0, 0.05) is 0 Å². The molecular weight excluding hydrogens is 318 g/mol. The quantitative estimate of drug-likeness (QED) is 0.392. The number of benzene rings is 2. The van der Waals surface area contributed by atoms with E-state index in [1.807, 2.05) is 54.9 Å². The van der Waals surface area contributed by atoms with E-state index >= 15 is 0 Å². The van der Waals surface area contributed by atoms with Crippen LogP contribution < -0.4 is 10.1 Å². The molecule has 2 aromatic carbocycles. The summed E-state index contributed by atoms with van der Waals surface area (Å²) in [6.45, 7) is 0.396. The van der Waals surface area contributed by atoms with Gasteiger partial charge in [-0.15, -0.1) is 0 Å². The Kier molecular flexibility index (Phi) is 6.13. The number of nitrogens with zero attached hydrogens (tertiary/aromatic N) is 2. The lowest BCUT2D eigenvalue weighted by molar-refractivity contribution is 0.306. The zero-order chi connectivity index (χ0) is 15.8. The number of thioether (sulfide) groups is 1. The van der Waals surface area contributed by atoms with Crippen molar-refractivity contribution < 1.29 is 4.74 Å². The number of aliphatic imine (C=N–C) groups is 1. The number of hydrogen-bond donors (Lipinski definition) is 1. The Morgan fingerprint density at radius 2 is 2.14 bits per heavy atom. The van der Waals surface area contributed by atoms with Gasteiger partial charge >= 0.3 is 0 Å². The minimum absolute atomic E-state index is 0.396. The highest BCUT2D eigenvalue weighted by molar-refractivity contribution is 8.13. The van der Waals surface area contributed by atoms with Gasteiger partial charge in [0.1, 0.15) is 12.4 Å². The molecule has 0 aliphatic rings. The molecule has 0 unspecified atom stereocenters. The van der Waals surface area contributed by atoms with Crippen LogP contribution in [0.1, 0.15) is 5.56 Å². The summed E-state index contributed by atoms with van der Waals surface area (Å²) in [5, 5.41) is 12.3. The zero-order valence-electron chi connectivity index (χ0n) is 11.9. The second kappa shape index (κ2) is 8.32. The molecule has 2 aromatic rings. The van der Waals surface area contributed by atoms with Gasteiger partial charge < -0.3 is 4.74 Å². The lowest BCUT2D eigenvalue weighted by Crippen LogP contribution is -2.12. The van der Waals surface area contributed by atoms with E-state index in [4.69, 9.17) is 21.6 Å². The molecule has 0 bridgehead atoms. The number of halogens is 1. The average Bonchev–Trinajstić information content (AvgIpc) is 2.54. The van der Waals surface area contributed by atoms with Gasteiger partial charge in [-0.25, -0.2) is 4.99 Å². The summed E-state index contributed by atoms with van der Waals surface area (Å²) in [6, 6.07) is 15.0. The molecule has 0 aromatic heterocycles. The third-order valence-electron chi connectivity index (χ3n) is 2.73. The molecule has 0 aliphatic heterocycles. The van der Waals surface area contributed by atoms with E-state index in [-0.39, 0.29) is 0 Å². The normalized spacial score (nSPS) is 10.9. The molecule has 4 nitrogen and oxygen atoms in total. The first kappa shape index (κ1) is 16.2. The fourth-order valence-electron chi connectivity index (χ4n) is 1.73. The summed E-state index contributed by atoms with van der Waals surface area (Å²) in [5.74, 6) is 0.647. The maximum absolute atomic E-state index is 8.65. The van der Waals surface area contributed by atoms with Crippen molar-refractivity contribution in [1.82, 2.24) is 5.32 Å². The summed E-state index contributed by atoms with van der Waals surface area (Å²) < 4.78 is 5.70. The summed E-state index contributed by atoms with van der Waals surface area (Å²) in [5.41, 5.74) is 1.73. The molecule has 0 amide bonds. The van der Waals surface area contributed by atoms with Crippen molar-refractivity contribution in [3.8, 4) is 11.9 Å². The number of nitriles is 1. The van der Waals surface area contributed by atoms with Gasteiger partial charge in [-0.1, -0.05) is 47.6 Å². The minimum Gasteiger partial charge on any atom is -0.487 e. The molecule has 0 saturated heterocycles. The predicted molar refractivity (Wildman–Crippen MR) is 91.6 cm³/mol. The van der Waals surface area contributed by atoms with Crippen molar-refractivity contribution in [2.75, 3.05) is 6.26 Å². The summed E-state index contributed by atoms with van der Waals surface area (Å²) >= 11 is 7.43. The molecule has 112 valence electrons. The van der Waals surface area contributed by atoms with E-state index in [0.29, 0.717) is 22.5 Å². The number of amidine groups is 1. The fourth-order valence-corrected chi connectivity index (χ4v) is 2.26. The molecule has 0 saturated carbocycles. The van der Waals surface area contributed by atoms with Gasteiger partial charge in [0.2, 0.25) is 0 Å². The third-order valence-corrected chi connectivity index (χ3v) is 3.62.